The minimum atomic E-state index is -3.89. The molecular weight excluding hydrogens is 468 g/mol. The normalized spacial score (nSPS) is 12.4. The second-order valence-electron chi connectivity index (χ2n) is 7.81. The van der Waals surface area contributed by atoms with Crippen LogP contribution in [0, 0.1) is 0 Å². The fraction of sp³-hybridized carbons (Fsp3) is 0.269. The number of hydrogen-bond acceptors (Lipinski definition) is 5. The topological polar surface area (TPSA) is 75.7 Å². The molecule has 0 aliphatic carbocycles. The zero-order valence-corrected chi connectivity index (χ0v) is 21.2. The molecule has 3 rings (SSSR count). The van der Waals surface area contributed by atoms with E-state index in [2.05, 4.69) is 5.32 Å². The van der Waals surface area contributed by atoms with E-state index in [9.17, 15) is 13.2 Å². The summed E-state index contributed by atoms with van der Waals surface area (Å²) in [6.07, 6.45) is 2.50. The van der Waals surface area contributed by atoms with Gasteiger partial charge in [0.05, 0.1) is 24.6 Å². The summed E-state index contributed by atoms with van der Waals surface area (Å²) in [6.45, 7) is 1.80. The summed E-state index contributed by atoms with van der Waals surface area (Å²) in [7, 11) is -2.36. The number of nitrogens with one attached hydrogen (secondary N) is 1. The van der Waals surface area contributed by atoms with Gasteiger partial charge in [-0.2, -0.15) is 4.31 Å². The number of thioether (sulfide) groups is 1. The van der Waals surface area contributed by atoms with Crippen LogP contribution in [0.3, 0.4) is 0 Å². The van der Waals surface area contributed by atoms with Crippen molar-refractivity contribution in [3.8, 4) is 5.75 Å². The number of nitrogens with zero attached hydrogens (tertiary/aromatic N) is 1. The van der Waals surface area contributed by atoms with Crippen LogP contribution in [0.5, 0.6) is 5.75 Å². The lowest BCUT2D eigenvalue weighted by Crippen LogP contribution is -2.42. The average molecular weight is 499 g/mol. The van der Waals surface area contributed by atoms with Crippen LogP contribution in [0.15, 0.2) is 88.7 Å². The lowest BCUT2D eigenvalue weighted by Gasteiger charge is -2.23. The lowest BCUT2D eigenvalue weighted by molar-refractivity contribution is -0.121. The molecule has 0 saturated heterocycles. The van der Waals surface area contributed by atoms with Crippen molar-refractivity contribution < 1.29 is 17.9 Å². The number of methoxy groups -OCH3 is 1. The predicted octanol–water partition coefficient (Wildman–Crippen LogP) is 4.53. The monoisotopic (exact) mass is 498 g/mol. The first-order chi connectivity index (χ1) is 16.3. The highest BCUT2D eigenvalue weighted by atomic mass is 32.2. The van der Waals surface area contributed by atoms with Gasteiger partial charge in [-0.1, -0.05) is 42.5 Å². The number of rotatable bonds is 11. The highest BCUT2D eigenvalue weighted by Crippen LogP contribution is 2.21. The van der Waals surface area contributed by atoms with Gasteiger partial charge < -0.3 is 10.1 Å². The highest BCUT2D eigenvalue weighted by molar-refractivity contribution is 7.98. The molecule has 6 nitrogen and oxygen atoms in total. The van der Waals surface area contributed by atoms with Crippen molar-refractivity contribution in [2.45, 2.75) is 29.2 Å². The Balaban J connectivity index is 1.76. The zero-order chi connectivity index (χ0) is 24.6. The molecule has 0 radical (unpaired) electrons. The largest absolute Gasteiger partial charge is 0.497 e. The van der Waals surface area contributed by atoms with E-state index in [1.807, 2.05) is 67.8 Å². The van der Waals surface area contributed by atoms with Crippen LogP contribution in [0.2, 0.25) is 0 Å². The summed E-state index contributed by atoms with van der Waals surface area (Å²) < 4.78 is 33.2. The van der Waals surface area contributed by atoms with E-state index in [4.69, 9.17) is 4.74 Å². The minimum absolute atomic E-state index is 0.120. The maximum Gasteiger partial charge on any atom is 0.243 e. The number of ether oxygens (including phenoxy) is 1. The van der Waals surface area contributed by atoms with Gasteiger partial charge in [0.25, 0.3) is 0 Å². The highest BCUT2D eigenvalue weighted by Gasteiger charge is 2.27. The molecule has 0 heterocycles. The van der Waals surface area contributed by atoms with Gasteiger partial charge in [0.15, 0.2) is 0 Å². The minimum Gasteiger partial charge on any atom is -0.497 e. The Hall–Kier alpha value is -2.81. The smallest absolute Gasteiger partial charge is 0.243 e. The van der Waals surface area contributed by atoms with Crippen LogP contribution in [-0.4, -0.2) is 45.1 Å². The third-order valence-electron chi connectivity index (χ3n) is 5.50. The Kier molecular flexibility index (Phi) is 9.15. The molecule has 1 atom stereocenters. The van der Waals surface area contributed by atoms with Crippen molar-refractivity contribution in [2.75, 3.05) is 26.5 Å². The Labute approximate surface area is 206 Å². The molecule has 0 spiro atoms. The molecule has 34 heavy (non-hydrogen) atoms. The molecule has 180 valence electrons. The van der Waals surface area contributed by atoms with Crippen molar-refractivity contribution in [2.24, 2.45) is 0 Å². The molecule has 0 saturated carbocycles. The van der Waals surface area contributed by atoms with Gasteiger partial charge >= 0.3 is 0 Å². The molecular formula is C26H30N2O4S2. The first-order valence-electron chi connectivity index (χ1n) is 10.9. The first-order valence-corrected chi connectivity index (χ1v) is 13.6. The number of amides is 1. The van der Waals surface area contributed by atoms with Crippen LogP contribution in [-0.2, 0) is 21.2 Å². The molecule has 3 aromatic rings. The molecule has 0 aliphatic heterocycles. The van der Waals surface area contributed by atoms with Gasteiger partial charge in [0.1, 0.15) is 5.75 Å². The summed E-state index contributed by atoms with van der Waals surface area (Å²) in [5.74, 6) is 0.209. The molecule has 8 heteroatoms. The molecule has 0 bridgehead atoms. The zero-order valence-electron chi connectivity index (χ0n) is 19.6. The third-order valence-corrected chi connectivity index (χ3v) is 8.11. The summed E-state index contributed by atoms with van der Waals surface area (Å²) in [5, 5.41) is 2.93. The van der Waals surface area contributed by atoms with Gasteiger partial charge in [-0.3, -0.25) is 4.79 Å². The summed E-state index contributed by atoms with van der Waals surface area (Å²) in [4.78, 5) is 14.2. The molecule has 0 aromatic heterocycles. The number of benzene rings is 3. The van der Waals surface area contributed by atoms with Gasteiger partial charge in [-0.25, -0.2) is 8.42 Å². The van der Waals surface area contributed by atoms with Crippen LogP contribution in [0.1, 0.15) is 24.1 Å². The van der Waals surface area contributed by atoms with E-state index < -0.39 is 10.0 Å². The van der Waals surface area contributed by atoms with Crippen LogP contribution >= 0.6 is 11.8 Å². The van der Waals surface area contributed by atoms with E-state index in [1.165, 1.54) is 23.5 Å². The summed E-state index contributed by atoms with van der Waals surface area (Å²) >= 11 is 1.65. The Morgan fingerprint density at radius 3 is 2.24 bits per heavy atom. The Morgan fingerprint density at radius 1 is 1.00 bits per heavy atom. The van der Waals surface area contributed by atoms with Crippen molar-refractivity contribution >= 4 is 27.7 Å². The Morgan fingerprint density at radius 2 is 1.65 bits per heavy atom. The second-order valence-corrected chi connectivity index (χ2v) is 10.6. The number of hydrogen-bond donors (Lipinski definition) is 1. The maximum atomic E-state index is 13.4. The van der Waals surface area contributed by atoms with Crippen molar-refractivity contribution in [1.29, 1.82) is 0 Å². The van der Waals surface area contributed by atoms with Gasteiger partial charge in [0, 0.05) is 11.4 Å². The van der Waals surface area contributed by atoms with Gasteiger partial charge in [-0.15, -0.1) is 11.8 Å². The first kappa shape index (κ1) is 25.8. The SMILES string of the molecule is COc1ccc(S(=O)(=O)N(CCc2ccccc2)CC(=O)N[C@@H](C)c2ccc(SC)cc2)cc1. The van der Waals surface area contributed by atoms with E-state index in [0.717, 1.165) is 16.0 Å². The second kappa shape index (κ2) is 12.1. The van der Waals surface area contributed by atoms with Crippen molar-refractivity contribution in [3.63, 3.8) is 0 Å². The summed E-state index contributed by atoms with van der Waals surface area (Å²) in [6, 6.07) is 23.5. The average Bonchev–Trinajstić information content (AvgIpc) is 2.87. The van der Waals surface area contributed by atoms with E-state index >= 15 is 0 Å². The number of sulfonamides is 1. The quantitative estimate of drug-likeness (QED) is 0.393. The molecule has 0 fully saturated rings. The van der Waals surface area contributed by atoms with E-state index in [1.54, 1.807) is 23.9 Å². The number of carbonyl (C=O) groups is 1. The van der Waals surface area contributed by atoms with Gasteiger partial charge in [-0.05, 0) is 67.1 Å². The maximum absolute atomic E-state index is 13.4. The van der Waals surface area contributed by atoms with Gasteiger partial charge in [0.2, 0.25) is 15.9 Å². The van der Waals surface area contributed by atoms with E-state index in [-0.39, 0.29) is 29.9 Å². The third kappa shape index (κ3) is 6.85. The number of carbonyl (C=O) groups excluding carboxylic acids is 1. The molecule has 0 aliphatic rings. The fourth-order valence-electron chi connectivity index (χ4n) is 3.50. The fourth-order valence-corrected chi connectivity index (χ4v) is 5.31. The van der Waals surface area contributed by atoms with Crippen LogP contribution < -0.4 is 10.1 Å². The molecule has 1 amide bonds. The predicted molar refractivity (Wildman–Crippen MR) is 137 cm³/mol. The van der Waals surface area contributed by atoms with Crippen molar-refractivity contribution in [1.82, 2.24) is 9.62 Å². The Bertz CT molecular complexity index is 1170. The molecule has 0 unspecified atom stereocenters. The van der Waals surface area contributed by atoms with Crippen LogP contribution in [0.25, 0.3) is 0 Å². The molecule has 3 aromatic carbocycles. The van der Waals surface area contributed by atoms with Crippen molar-refractivity contribution in [3.05, 3.63) is 90.0 Å². The molecule has 1 N–H and O–H groups in total. The standard InChI is InChI=1S/C26H30N2O4S2/c1-20(22-9-13-24(33-3)14-10-22)27-26(29)19-28(18-17-21-7-5-4-6-8-21)34(30,31)25-15-11-23(32-2)12-16-25/h4-16,20H,17-19H2,1-3H3,(H,27,29)/t20-/m0/s1. The lowest BCUT2D eigenvalue weighted by atomic mass is 10.1. The van der Waals surface area contributed by atoms with Crippen LogP contribution in [0.4, 0.5) is 0 Å². The summed E-state index contributed by atoms with van der Waals surface area (Å²) in [5.41, 5.74) is 1.96. The van der Waals surface area contributed by atoms with E-state index in [0.29, 0.717) is 12.2 Å².